The maximum absolute atomic E-state index is 10.2. The predicted octanol–water partition coefficient (Wildman–Crippen LogP) is 5.06. The van der Waals surface area contributed by atoms with Gasteiger partial charge in [-0.3, -0.25) is 9.97 Å². The van der Waals surface area contributed by atoms with Gasteiger partial charge in [-0.25, -0.2) is 4.98 Å². The summed E-state index contributed by atoms with van der Waals surface area (Å²) in [6, 6.07) is 14.5. The van der Waals surface area contributed by atoms with E-state index >= 15 is 0 Å². The van der Waals surface area contributed by atoms with Crippen LogP contribution in [0.1, 0.15) is 25.7 Å². The van der Waals surface area contributed by atoms with Crippen molar-refractivity contribution in [3.05, 3.63) is 61.1 Å². The van der Waals surface area contributed by atoms with Gasteiger partial charge in [0.15, 0.2) is 5.13 Å². The third-order valence-corrected chi connectivity index (χ3v) is 6.21. The van der Waals surface area contributed by atoms with Crippen molar-refractivity contribution < 1.29 is 9.84 Å². The molecule has 2 atom stereocenters. The van der Waals surface area contributed by atoms with Crippen LogP contribution >= 0.6 is 11.3 Å². The first-order valence-electron chi connectivity index (χ1n) is 10.1. The SMILES string of the molecule is O[C@@H]1CCCC[C@H]1Nc1nc2ccc(Oc3ccnc(-c4c[c]cnc4)c3)cc2s1. The molecule has 0 aliphatic heterocycles. The molecule has 4 aromatic rings. The van der Waals surface area contributed by atoms with Crippen LogP contribution in [0.5, 0.6) is 11.5 Å². The second kappa shape index (κ2) is 8.38. The van der Waals surface area contributed by atoms with Crippen LogP contribution in [0.2, 0.25) is 0 Å². The minimum absolute atomic E-state index is 0.0787. The third kappa shape index (κ3) is 4.13. The Balaban J connectivity index is 1.34. The van der Waals surface area contributed by atoms with E-state index in [1.807, 2.05) is 36.4 Å². The van der Waals surface area contributed by atoms with Crippen molar-refractivity contribution in [2.24, 2.45) is 0 Å². The molecule has 0 spiro atoms. The summed E-state index contributed by atoms with van der Waals surface area (Å²) in [6.07, 6.45) is 8.85. The highest BCUT2D eigenvalue weighted by Gasteiger charge is 2.23. The minimum atomic E-state index is -0.303. The molecular formula is C23H21N4O2S. The summed E-state index contributed by atoms with van der Waals surface area (Å²) >= 11 is 1.58. The maximum atomic E-state index is 10.2. The van der Waals surface area contributed by atoms with Gasteiger partial charge in [-0.15, -0.1) is 0 Å². The summed E-state index contributed by atoms with van der Waals surface area (Å²) < 4.78 is 7.11. The zero-order valence-electron chi connectivity index (χ0n) is 16.3. The number of fused-ring (bicyclic) bond motifs is 1. The summed E-state index contributed by atoms with van der Waals surface area (Å²) in [5.41, 5.74) is 2.59. The number of nitrogens with zero attached hydrogens (tertiary/aromatic N) is 3. The Hall–Kier alpha value is -3.03. The van der Waals surface area contributed by atoms with Gasteiger partial charge < -0.3 is 15.2 Å². The molecule has 0 saturated heterocycles. The van der Waals surface area contributed by atoms with Crippen LogP contribution in [0, 0.1) is 6.07 Å². The van der Waals surface area contributed by atoms with Crippen molar-refractivity contribution in [1.29, 1.82) is 0 Å². The number of aromatic nitrogens is 3. The van der Waals surface area contributed by atoms with E-state index in [2.05, 4.69) is 26.3 Å². The van der Waals surface area contributed by atoms with E-state index in [4.69, 9.17) is 4.74 Å². The molecule has 1 radical (unpaired) electrons. The standard InChI is InChI=1S/C23H21N4O2S/c28-21-6-2-1-5-18(21)26-23-27-19-8-7-16(13-22(19)30-23)29-17-9-11-25-20(12-17)15-4-3-10-24-14-15/h4,7-14,18,21,28H,1-2,5-6H2,(H,26,27)/t18-,21-/m1/s1. The van der Waals surface area contributed by atoms with Gasteiger partial charge in [0.2, 0.25) is 0 Å². The number of nitrogens with one attached hydrogen (secondary N) is 1. The Morgan fingerprint density at radius 2 is 2.03 bits per heavy atom. The van der Waals surface area contributed by atoms with E-state index in [9.17, 15) is 5.11 Å². The van der Waals surface area contributed by atoms with E-state index in [1.165, 1.54) is 0 Å². The predicted molar refractivity (Wildman–Crippen MR) is 118 cm³/mol. The van der Waals surface area contributed by atoms with Gasteiger partial charge in [-0.1, -0.05) is 24.2 Å². The molecule has 6 nitrogen and oxygen atoms in total. The summed E-state index contributed by atoms with van der Waals surface area (Å²) in [5, 5.41) is 14.5. The molecule has 1 fully saturated rings. The Bertz CT molecular complexity index is 1150. The van der Waals surface area contributed by atoms with Gasteiger partial charge in [0.1, 0.15) is 11.5 Å². The number of hydrogen-bond donors (Lipinski definition) is 2. The Kier molecular flexibility index (Phi) is 5.29. The van der Waals surface area contributed by atoms with Crippen LogP contribution in [0.3, 0.4) is 0 Å². The summed E-state index contributed by atoms with van der Waals surface area (Å²) in [7, 11) is 0. The number of thiazole rings is 1. The molecule has 1 saturated carbocycles. The van der Waals surface area contributed by atoms with Crippen molar-refractivity contribution in [3.8, 4) is 22.8 Å². The number of benzene rings is 1. The van der Waals surface area contributed by atoms with Crippen molar-refractivity contribution >= 4 is 26.7 Å². The summed E-state index contributed by atoms with van der Waals surface area (Å²) in [5.74, 6) is 1.45. The van der Waals surface area contributed by atoms with Crippen LogP contribution in [0.15, 0.2) is 55.0 Å². The molecule has 0 unspecified atom stereocenters. The molecule has 151 valence electrons. The smallest absolute Gasteiger partial charge is 0.184 e. The maximum Gasteiger partial charge on any atom is 0.184 e. The van der Waals surface area contributed by atoms with Crippen LogP contribution in [0.4, 0.5) is 5.13 Å². The topological polar surface area (TPSA) is 80.2 Å². The number of anilines is 1. The molecule has 30 heavy (non-hydrogen) atoms. The van der Waals surface area contributed by atoms with Crippen LogP contribution in [-0.4, -0.2) is 32.2 Å². The molecule has 7 heteroatoms. The summed E-state index contributed by atoms with van der Waals surface area (Å²) in [6.45, 7) is 0. The van der Waals surface area contributed by atoms with Crippen molar-refractivity contribution in [1.82, 2.24) is 15.0 Å². The Morgan fingerprint density at radius 3 is 2.90 bits per heavy atom. The van der Waals surface area contributed by atoms with Gasteiger partial charge in [0.25, 0.3) is 0 Å². The monoisotopic (exact) mass is 417 g/mol. The highest BCUT2D eigenvalue weighted by atomic mass is 32.1. The van der Waals surface area contributed by atoms with E-state index in [-0.39, 0.29) is 12.1 Å². The van der Waals surface area contributed by atoms with Gasteiger partial charge in [0, 0.05) is 42.4 Å². The van der Waals surface area contributed by atoms with E-state index in [0.717, 1.165) is 58.0 Å². The normalized spacial score (nSPS) is 19.0. The minimum Gasteiger partial charge on any atom is -0.457 e. The molecular weight excluding hydrogens is 396 g/mol. The fourth-order valence-corrected chi connectivity index (χ4v) is 4.66. The molecule has 0 bridgehead atoms. The van der Waals surface area contributed by atoms with Crippen molar-refractivity contribution in [3.63, 3.8) is 0 Å². The zero-order valence-corrected chi connectivity index (χ0v) is 17.1. The average Bonchev–Trinajstić information content (AvgIpc) is 3.18. The van der Waals surface area contributed by atoms with Crippen LogP contribution < -0.4 is 10.1 Å². The number of ether oxygens (including phenoxy) is 1. The zero-order chi connectivity index (χ0) is 20.3. The number of rotatable bonds is 5. The van der Waals surface area contributed by atoms with E-state index in [0.29, 0.717) is 5.75 Å². The lowest BCUT2D eigenvalue weighted by molar-refractivity contribution is 0.116. The molecule has 3 aromatic heterocycles. The van der Waals surface area contributed by atoms with Gasteiger partial charge >= 0.3 is 0 Å². The van der Waals surface area contributed by atoms with Crippen LogP contribution in [-0.2, 0) is 0 Å². The number of pyridine rings is 2. The van der Waals surface area contributed by atoms with Gasteiger partial charge in [0.05, 0.1) is 28.1 Å². The van der Waals surface area contributed by atoms with E-state index < -0.39 is 0 Å². The first-order valence-corrected chi connectivity index (χ1v) is 10.9. The second-order valence-electron chi connectivity index (χ2n) is 7.40. The second-order valence-corrected chi connectivity index (χ2v) is 8.43. The number of aliphatic hydroxyl groups is 1. The van der Waals surface area contributed by atoms with Crippen molar-refractivity contribution in [2.45, 2.75) is 37.8 Å². The van der Waals surface area contributed by atoms with Gasteiger partial charge in [-0.05, 0) is 37.1 Å². The quantitative estimate of drug-likeness (QED) is 0.472. The van der Waals surface area contributed by atoms with E-state index in [1.54, 1.807) is 29.9 Å². The van der Waals surface area contributed by atoms with Crippen molar-refractivity contribution in [2.75, 3.05) is 5.32 Å². The summed E-state index contributed by atoms with van der Waals surface area (Å²) in [4.78, 5) is 13.1. The first kappa shape index (κ1) is 19.0. The lowest BCUT2D eigenvalue weighted by atomic mass is 9.93. The third-order valence-electron chi connectivity index (χ3n) is 5.26. The highest BCUT2D eigenvalue weighted by molar-refractivity contribution is 7.22. The number of aliphatic hydroxyl groups excluding tert-OH is 1. The molecule has 1 aliphatic rings. The molecule has 1 aliphatic carbocycles. The fraction of sp³-hybridized carbons (Fsp3) is 0.261. The molecule has 1 aromatic carbocycles. The largest absolute Gasteiger partial charge is 0.457 e. The molecule has 3 heterocycles. The molecule has 5 rings (SSSR count). The van der Waals surface area contributed by atoms with Gasteiger partial charge in [-0.2, -0.15) is 0 Å². The Labute approximate surface area is 178 Å². The van der Waals surface area contributed by atoms with Crippen LogP contribution in [0.25, 0.3) is 21.5 Å². The highest BCUT2D eigenvalue weighted by Crippen LogP contribution is 2.33. The number of hydrogen-bond acceptors (Lipinski definition) is 7. The molecule has 0 amide bonds. The fourth-order valence-electron chi connectivity index (χ4n) is 3.70. The Morgan fingerprint density at radius 1 is 1.13 bits per heavy atom. The average molecular weight is 418 g/mol. The first-order chi connectivity index (χ1) is 14.7. The molecule has 2 N–H and O–H groups in total. The lowest BCUT2D eigenvalue weighted by Gasteiger charge is -2.27. The lowest BCUT2D eigenvalue weighted by Crippen LogP contribution is -2.36.